The highest BCUT2D eigenvalue weighted by atomic mass is 32.2. The second kappa shape index (κ2) is 10.1. The summed E-state index contributed by atoms with van der Waals surface area (Å²) in [4.78, 5) is 15.8. The van der Waals surface area contributed by atoms with Crippen LogP contribution in [0.25, 0.3) is 10.8 Å². The molecular weight excluding hydrogens is 458 g/mol. The number of amides is 1. The van der Waals surface area contributed by atoms with Crippen molar-refractivity contribution in [3.8, 4) is 0 Å². The first-order valence-corrected chi connectivity index (χ1v) is 15.7. The van der Waals surface area contributed by atoms with Crippen LogP contribution in [0.5, 0.6) is 0 Å². The van der Waals surface area contributed by atoms with Crippen LogP contribution in [-0.4, -0.2) is 44.4 Å². The number of hydrogen-bond acceptors (Lipinski definition) is 4. The number of hydrogen-bond donors (Lipinski definition) is 0. The summed E-state index contributed by atoms with van der Waals surface area (Å²) in [5, 5.41) is 2.49. The van der Waals surface area contributed by atoms with Gasteiger partial charge in [0.25, 0.3) is 0 Å². The Kier molecular flexibility index (Phi) is 7.41. The molecule has 1 saturated heterocycles. The fraction of sp³-hybridized carbons (Fsp3) is 0.393. The number of rotatable bonds is 8. The third-order valence-electron chi connectivity index (χ3n) is 7.08. The third kappa shape index (κ3) is 5.51. The predicted octanol–water partition coefficient (Wildman–Crippen LogP) is 7.52. The van der Waals surface area contributed by atoms with E-state index in [4.69, 9.17) is 9.16 Å². The van der Waals surface area contributed by atoms with Gasteiger partial charge in [-0.1, -0.05) is 93.2 Å². The van der Waals surface area contributed by atoms with E-state index in [-0.39, 0.29) is 22.4 Å². The van der Waals surface area contributed by atoms with Gasteiger partial charge in [0, 0.05) is 24.0 Å². The van der Waals surface area contributed by atoms with E-state index in [1.807, 2.05) is 23.1 Å². The molecule has 3 aromatic carbocycles. The maximum atomic E-state index is 12.8. The highest BCUT2D eigenvalue weighted by Crippen LogP contribution is 2.39. The van der Waals surface area contributed by atoms with Gasteiger partial charge in [-0.15, -0.1) is 0 Å². The van der Waals surface area contributed by atoms with Crippen molar-refractivity contribution in [1.82, 2.24) is 4.90 Å². The number of cyclic esters (lactones) is 1. The summed E-state index contributed by atoms with van der Waals surface area (Å²) in [5.74, 6) is 0.0461. The van der Waals surface area contributed by atoms with Gasteiger partial charge in [-0.2, -0.15) is 0 Å². The molecule has 6 heteroatoms. The Labute approximate surface area is 208 Å². The Morgan fingerprint density at radius 3 is 2.44 bits per heavy atom. The third-order valence-corrected chi connectivity index (χ3v) is 12.8. The smallest absolute Gasteiger partial charge is 0.410 e. The lowest BCUT2D eigenvalue weighted by atomic mass is 9.93. The van der Waals surface area contributed by atoms with Crippen LogP contribution in [0, 0.1) is 0 Å². The monoisotopic (exact) mass is 493 g/mol. The fourth-order valence-electron chi connectivity index (χ4n) is 3.99. The number of benzene rings is 3. The van der Waals surface area contributed by atoms with Crippen molar-refractivity contribution in [2.75, 3.05) is 19.8 Å². The van der Waals surface area contributed by atoms with E-state index in [2.05, 4.69) is 88.5 Å². The van der Waals surface area contributed by atoms with Gasteiger partial charge in [-0.25, -0.2) is 4.79 Å². The van der Waals surface area contributed by atoms with Gasteiger partial charge >= 0.3 is 6.09 Å². The summed E-state index contributed by atoms with van der Waals surface area (Å²) in [5.41, 5.74) is 1.22. The summed E-state index contributed by atoms with van der Waals surface area (Å²) in [7, 11) is -1.96. The second-order valence-electron chi connectivity index (χ2n) is 10.5. The molecule has 0 N–H and O–H groups in total. The minimum absolute atomic E-state index is 0.0461. The zero-order valence-corrected chi connectivity index (χ0v) is 22.6. The summed E-state index contributed by atoms with van der Waals surface area (Å²) >= 11 is 1.68. The average Bonchev–Trinajstić information content (AvgIpc) is 3.15. The SMILES string of the molecule is CC(C)(C)[Si](C)(C)OCC(CN1C(=O)OCC1Sc1ccccc1)c1cccc2ccccc12. The Bertz CT molecular complexity index is 1120. The highest BCUT2D eigenvalue weighted by molar-refractivity contribution is 8.00. The molecule has 0 saturated carbocycles. The van der Waals surface area contributed by atoms with Crippen molar-refractivity contribution in [1.29, 1.82) is 0 Å². The van der Waals surface area contributed by atoms with Crippen molar-refractivity contribution in [2.24, 2.45) is 0 Å². The molecule has 1 amide bonds. The van der Waals surface area contributed by atoms with Crippen molar-refractivity contribution in [2.45, 2.75) is 55.1 Å². The lowest BCUT2D eigenvalue weighted by molar-refractivity contribution is 0.153. The molecule has 4 rings (SSSR count). The number of thioether (sulfide) groups is 1. The maximum Gasteiger partial charge on any atom is 0.410 e. The first kappa shape index (κ1) is 24.8. The zero-order chi connectivity index (χ0) is 24.3. The molecule has 0 aromatic heterocycles. The first-order chi connectivity index (χ1) is 16.2. The molecular formula is C28H35NO3SSi. The van der Waals surface area contributed by atoms with Crippen LogP contribution in [0.4, 0.5) is 4.79 Å². The molecule has 2 unspecified atom stereocenters. The van der Waals surface area contributed by atoms with E-state index in [1.54, 1.807) is 11.8 Å². The van der Waals surface area contributed by atoms with Crippen LogP contribution >= 0.6 is 11.8 Å². The minimum Gasteiger partial charge on any atom is -0.446 e. The van der Waals surface area contributed by atoms with E-state index in [0.717, 1.165) is 4.90 Å². The standard InChI is InChI=1S/C28H35NO3SSi/c1-28(2,3)34(4,5)32-19-22(25-17-11-13-21-12-9-10-16-24(21)25)18-29-26(20-31-27(29)30)33-23-14-7-6-8-15-23/h6-17,22,26H,18-20H2,1-5H3. The number of nitrogens with zero attached hydrogens (tertiary/aromatic N) is 1. The van der Waals surface area contributed by atoms with Crippen LogP contribution in [0.2, 0.25) is 18.1 Å². The summed E-state index contributed by atoms with van der Waals surface area (Å²) < 4.78 is 12.2. The number of carbonyl (C=O) groups is 1. The first-order valence-electron chi connectivity index (χ1n) is 11.9. The normalized spacial score (nSPS) is 17.7. The Morgan fingerprint density at radius 1 is 1.03 bits per heavy atom. The van der Waals surface area contributed by atoms with Gasteiger partial charge in [0.15, 0.2) is 8.32 Å². The molecule has 34 heavy (non-hydrogen) atoms. The fourth-order valence-corrected chi connectivity index (χ4v) is 6.10. The molecule has 1 aliphatic heterocycles. The molecule has 0 spiro atoms. The summed E-state index contributed by atoms with van der Waals surface area (Å²) in [6, 6.07) is 25.1. The molecule has 1 aliphatic rings. The molecule has 180 valence electrons. The van der Waals surface area contributed by atoms with Gasteiger partial charge in [0.2, 0.25) is 0 Å². The minimum atomic E-state index is -1.96. The average molecular weight is 494 g/mol. The van der Waals surface area contributed by atoms with Crippen molar-refractivity contribution < 1.29 is 14.0 Å². The van der Waals surface area contributed by atoms with Crippen LogP contribution in [0.1, 0.15) is 32.3 Å². The van der Waals surface area contributed by atoms with Gasteiger partial charge in [0.05, 0.1) is 0 Å². The van der Waals surface area contributed by atoms with Crippen LogP contribution in [0.15, 0.2) is 77.7 Å². The van der Waals surface area contributed by atoms with Crippen molar-refractivity contribution in [3.63, 3.8) is 0 Å². The Hall–Kier alpha value is -2.28. The number of carbonyl (C=O) groups excluding carboxylic acids is 1. The van der Waals surface area contributed by atoms with Crippen molar-refractivity contribution >= 4 is 36.9 Å². The van der Waals surface area contributed by atoms with E-state index in [1.165, 1.54) is 16.3 Å². The van der Waals surface area contributed by atoms with E-state index < -0.39 is 8.32 Å². The molecule has 4 nitrogen and oxygen atoms in total. The topological polar surface area (TPSA) is 38.8 Å². The zero-order valence-electron chi connectivity index (χ0n) is 20.8. The van der Waals surface area contributed by atoms with Gasteiger partial charge < -0.3 is 9.16 Å². The van der Waals surface area contributed by atoms with Crippen LogP contribution in [-0.2, 0) is 9.16 Å². The van der Waals surface area contributed by atoms with Gasteiger partial charge in [0.1, 0.15) is 12.0 Å². The lowest BCUT2D eigenvalue weighted by Gasteiger charge is -2.38. The van der Waals surface area contributed by atoms with Crippen LogP contribution < -0.4 is 0 Å². The second-order valence-corrected chi connectivity index (χ2v) is 16.5. The summed E-state index contributed by atoms with van der Waals surface area (Å²) in [6.07, 6.45) is -0.244. The number of fused-ring (bicyclic) bond motifs is 1. The van der Waals surface area contributed by atoms with E-state index in [0.29, 0.717) is 19.8 Å². The molecule has 2 atom stereocenters. The number of ether oxygens (including phenoxy) is 1. The largest absolute Gasteiger partial charge is 0.446 e. The molecule has 1 heterocycles. The van der Waals surface area contributed by atoms with Gasteiger partial charge in [-0.3, -0.25) is 4.90 Å². The summed E-state index contributed by atoms with van der Waals surface area (Å²) in [6.45, 7) is 12.9. The van der Waals surface area contributed by atoms with Crippen LogP contribution in [0.3, 0.4) is 0 Å². The van der Waals surface area contributed by atoms with E-state index >= 15 is 0 Å². The lowest BCUT2D eigenvalue weighted by Crippen LogP contribution is -2.43. The maximum absolute atomic E-state index is 12.8. The van der Waals surface area contributed by atoms with Crippen molar-refractivity contribution in [3.05, 3.63) is 78.4 Å². The molecule has 0 bridgehead atoms. The molecule has 3 aromatic rings. The molecule has 1 fully saturated rings. The Balaban J connectivity index is 1.64. The van der Waals surface area contributed by atoms with E-state index in [9.17, 15) is 4.79 Å². The molecule has 0 radical (unpaired) electrons. The highest BCUT2D eigenvalue weighted by Gasteiger charge is 2.40. The molecule has 0 aliphatic carbocycles. The Morgan fingerprint density at radius 2 is 1.71 bits per heavy atom. The quantitative estimate of drug-likeness (QED) is 0.304. The van der Waals surface area contributed by atoms with Gasteiger partial charge in [-0.05, 0) is 46.6 Å². The predicted molar refractivity (Wildman–Crippen MR) is 144 cm³/mol.